The van der Waals surface area contributed by atoms with Gasteiger partial charge in [0.2, 0.25) is 5.95 Å². The smallest absolute Gasteiger partial charge is 0.315 e. The van der Waals surface area contributed by atoms with Crippen molar-refractivity contribution in [1.29, 1.82) is 0 Å². The van der Waals surface area contributed by atoms with E-state index in [-0.39, 0.29) is 35.7 Å². The number of nitrogens with one attached hydrogen (secondary N) is 3. The predicted octanol–water partition coefficient (Wildman–Crippen LogP) is 1.04. The molecule has 3 heterocycles. The van der Waals surface area contributed by atoms with E-state index < -0.39 is 0 Å². The summed E-state index contributed by atoms with van der Waals surface area (Å²) in [4.78, 5) is 20.6. The molecule has 0 aliphatic carbocycles. The Bertz CT molecular complexity index is 619. The molecule has 1 aromatic rings. The van der Waals surface area contributed by atoms with Crippen LogP contribution in [0.15, 0.2) is 12.3 Å². The monoisotopic (exact) mass is 349 g/mol. The van der Waals surface area contributed by atoms with Gasteiger partial charge in [-0.2, -0.15) is 0 Å². The minimum absolute atomic E-state index is 0.0405. The molecule has 0 unspecified atom stereocenters. The summed E-state index contributed by atoms with van der Waals surface area (Å²) in [6.45, 7) is 9.74. The Morgan fingerprint density at radius 1 is 1.24 bits per heavy atom. The Kier molecular flexibility index (Phi) is 5.10. The van der Waals surface area contributed by atoms with Crippen LogP contribution in [0.25, 0.3) is 0 Å². The lowest BCUT2D eigenvalue weighted by molar-refractivity contribution is 0.0682. The molecule has 1 aromatic heterocycles. The van der Waals surface area contributed by atoms with Crippen LogP contribution in [0.4, 0.5) is 10.7 Å². The first-order valence-electron chi connectivity index (χ1n) is 8.76. The summed E-state index contributed by atoms with van der Waals surface area (Å²) in [6.07, 6.45) is 1.47. The minimum atomic E-state index is -0.196. The van der Waals surface area contributed by atoms with E-state index in [4.69, 9.17) is 9.47 Å². The fourth-order valence-corrected chi connectivity index (χ4v) is 3.14. The number of aromatic nitrogens is 2. The summed E-state index contributed by atoms with van der Waals surface area (Å²) < 4.78 is 11.7. The summed E-state index contributed by atoms with van der Waals surface area (Å²) in [6, 6.07) is 1.54. The zero-order valence-electron chi connectivity index (χ0n) is 15.2. The fourth-order valence-electron chi connectivity index (χ4n) is 3.14. The van der Waals surface area contributed by atoms with Gasteiger partial charge in [-0.15, -0.1) is 0 Å². The average molecular weight is 349 g/mol. The second-order valence-electron chi connectivity index (χ2n) is 7.47. The van der Waals surface area contributed by atoms with Gasteiger partial charge in [0.25, 0.3) is 0 Å². The maximum Gasteiger partial charge on any atom is 0.315 e. The van der Waals surface area contributed by atoms with Crippen molar-refractivity contribution in [3.63, 3.8) is 0 Å². The van der Waals surface area contributed by atoms with E-state index in [0.29, 0.717) is 25.7 Å². The van der Waals surface area contributed by atoms with E-state index in [1.807, 2.05) is 13.0 Å². The van der Waals surface area contributed by atoms with Gasteiger partial charge >= 0.3 is 6.03 Å². The van der Waals surface area contributed by atoms with Gasteiger partial charge in [-0.1, -0.05) is 20.8 Å². The van der Waals surface area contributed by atoms with Gasteiger partial charge < -0.3 is 25.4 Å². The molecule has 8 heteroatoms. The number of nitrogens with zero attached hydrogens (tertiary/aromatic N) is 2. The highest BCUT2D eigenvalue weighted by molar-refractivity contribution is 5.74. The third kappa shape index (κ3) is 4.01. The Labute approximate surface area is 148 Å². The number of amides is 2. The van der Waals surface area contributed by atoms with E-state index in [9.17, 15) is 4.79 Å². The van der Waals surface area contributed by atoms with E-state index in [1.54, 1.807) is 6.20 Å². The van der Waals surface area contributed by atoms with Crippen molar-refractivity contribution < 1.29 is 14.3 Å². The highest BCUT2D eigenvalue weighted by Gasteiger charge is 2.48. The molecular formula is C17H27N5O3. The second-order valence-corrected chi connectivity index (χ2v) is 7.47. The lowest BCUT2D eigenvalue weighted by atomic mass is 9.92. The Morgan fingerprint density at radius 2 is 1.92 bits per heavy atom. The van der Waals surface area contributed by atoms with Crippen LogP contribution >= 0.6 is 0 Å². The number of carbonyl (C=O) groups excluding carboxylic acids is 1. The summed E-state index contributed by atoms with van der Waals surface area (Å²) in [5.41, 5.74) is 0.933. The number of fused-ring (bicyclic) bond motifs is 1. The number of rotatable bonds is 4. The first kappa shape index (κ1) is 17.9. The van der Waals surface area contributed by atoms with Crippen molar-refractivity contribution in [3.05, 3.63) is 18.0 Å². The third-order valence-corrected chi connectivity index (χ3v) is 4.45. The van der Waals surface area contributed by atoms with Gasteiger partial charge in [0, 0.05) is 18.2 Å². The third-order valence-electron chi connectivity index (χ3n) is 4.45. The highest BCUT2D eigenvalue weighted by atomic mass is 16.6. The normalized spacial score (nSPS) is 28.5. The van der Waals surface area contributed by atoms with E-state index in [0.717, 1.165) is 5.69 Å². The summed E-state index contributed by atoms with van der Waals surface area (Å²) in [5, 5.41) is 8.96. The van der Waals surface area contributed by atoms with Gasteiger partial charge in [-0.25, -0.2) is 14.8 Å². The Hall–Kier alpha value is -1.93. The van der Waals surface area contributed by atoms with E-state index in [2.05, 4.69) is 46.7 Å². The van der Waals surface area contributed by atoms with Crippen LogP contribution in [0, 0.1) is 0 Å². The SMILES string of the molecule is CCNC(=O)N[C@@H]1CO[C@@H]2[C@@H]1OC[C@@H]2Nc1nccc(C(C)(C)C)n1. The van der Waals surface area contributed by atoms with Crippen LogP contribution in [-0.4, -0.2) is 60.0 Å². The van der Waals surface area contributed by atoms with Crippen molar-refractivity contribution >= 4 is 12.0 Å². The number of hydrogen-bond acceptors (Lipinski definition) is 6. The number of ether oxygens (including phenoxy) is 2. The molecule has 0 radical (unpaired) electrons. The quantitative estimate of drug-likeness (QED) is 0.751. The van der Waals surface area contributed by atoms with Crippen molar-refractivity contribution in [2.24, 2.45) is 0 Å². The molecule has 25 heavy (non-hydrogen) atoms. The lowest BCUT2D eigenvalue weighted by Gasteiger charge is -2.21. The van der Waals surface area contributed by atoms with Crippen LogP contribution in [0.3, 0.4) is 0 Å². The zero-order chi connectivity index (χ0) is 18.0. The van der Waals surface area contributed by atoms with Crippen molar-refractivity contribution in [2.75, 3.05) is 25.1 Å². The first-order valence-corrected chi connectivity index (χ1v) is 8.76. The first-order chi connectivity index (χ1) is 11.9. The van der Waals surface area contributed by atoms with Crippen molar-refractivity contribution in [1.82, 2.24) is 20.6 Å². The molecule has 2 amide bonds. The Morgan fingerprint density at radius 3 is 2.60 bits per heavy atom. The molecule has 0 spiro atoms. The van der Waals surface area contributed by atoms with E-state index >= 15 is 0 Å². The summed E-state index contributed by atoms with van der Waals surface area (Å²) in [7, 11) is 0. The molecule has 2 aliphatic heterocycles. The molecule has 2 saturated heterocycles. The number of carbonyl (C=O) groups is 1. The van der Waals surface area contributed by atoms with Crippen LogP contribution in [0.5, 0.6) is 0 Å². The maximum atomic E-state index is 11.7. The molecule has 3 rings (SSSR count). The lowest BCUT2D eigenvalue weighted by Crippen LogP contribution is -2.48. The molecule has 2 fully saturated rings. The minimum Gasteiger partial charge on any atom is -0.371 e. The molecule has 0 saturated carbocycles. The second kappa shape index (κ2) is 7.13. The Balaban J connectivity index is 1.62. The highest BCUT2D eigenvalue weighted by Crippen LogP contribution is 2.29. The van der Waals surface area contributed by atoms with Crippen LogP contribution in [0.1, 0.15) is 33.4 Å². The fraction of sp³-hybridized carbons (Fsp3) is 0.706. The molecule has 138 valence electrons. The molecule has 2 aliphatic rings. The van der Waals surface area contributed by atoms with Crippen molar-refractivity contribution in [3.8, 4) is 0 Å². The standard InChI is InChI=1S/C17H27N5O3/c1-5-18-16(23)21-11-9-25-13-10(8-24-14(11)13)20-15-19-7-6-12(22-15)17(2,3)4/h6-7,10-11,13-14H,5,8-9H2,1-4H3,(H2,18,21,23)(H,19,20,22)/t10-,11+,13-,14+/m0/s1. The molecular weight excluding hydrogens is 322 g/mol. The molecule has 8 nitrogen and oxygen atoms in total. The van der Waals surface area contributed by atoms with Gasteiger partial charge in [0.1, 0.15) is 12.2 Å². The topological polar surface area (TPSA) is 97.4 Å². The summed E-state index contributed by atoms with van der Waals surface area (Å²) >= 11 is 0. The average Bonchev–Trinajstić information content (AvgIpc) is 3.11. The van der Waals surface area contributed by atoms with Crippen LogP contribution in [0.2, 0.25) is 0 Å². The molecule has 4 atom stereocenters. The number of hydrogen-bond donors (Lipinski definition) is 3. The molecule has 0 aromatic carbocycles. The number of urea groups is 1. The van der Waals surface area contributed by atoms with Gasteiger partial charge in [-0.05, 0) is 13.0 Å². The zero-order valence-corrected chi connectivity index (χ0v) is 15.2. The number of anilines is 1. The largest absolute Gasteiger partial charge is 0.371 e. The van der Waals surface area contributed by atoms with Gasteiger partial charge in [-0.3, -0.25) is 0 Å². The van der Waals surface area contributed by atoms with E-state index in [1.165, 1.54) is 0 Å². The predicted molar refractivity (Wildman–Crippen MR) is 93.6 cm³/mol. The van der Waals surface area contributed by atoms with Crippen LogP contribution in [-0.2, 0) is 14.9 Å². The van der Waals surface area contributed by atoms with Crippen LogP contribution < -0.4 is 16.0 Å². The van der Waals surface area contributed by atoms with Crippen molar-refractivity contribution in [2.45, 2.75) is 57.4 Å². The maximum absolute atomic E-state index is 11.7. The molecule has 0 bridgehead atoms. The summed E-state index contributed by atoms with van der Waals surface area (Å²) in [5.74, 6) is 0.574. The van der Waals surface area contributed by atoms with Gasteiger partial charge in [0.05, 0.1) is 31.0 Å². The molecule has 3 N–H and O–H groups in total. The van der Waals surface area contributed by atoms with Gasteiger partial charge in [0.15, 0.2) is 0 Å².